The van der Waals surface area contributed by atoms with E-state index in [4.69, 9.17) is 18.9 Å². The first-order valence-corrected chi connectivity index (χ1v) is 23.3. The predicted molar refractivity (Wildman–Crippen MR) is 232 cm³/mol. The van der Waals surface area contributed by atoms with Crippen molar-refractivity contribution in [1.29, 1.82) is 0 Å². The van der Waals surface area contributed by atoms with Gasteiger partial charge in [0, 0.05) is 36.1 Å². The highest BCUT2D eigenvalue weighted by Gasteiger charge is 2.66. The van der Waals surface area contributed by atoms with E-state index in [1.54, 1.807) is 32.5 Å². The molecule has 8 rings (SSSR count). The molecule has 1 fully saturated rings. The van der Waals surface area contributed by atoms with Crippen LogP contribution < -0.4 is 29.9 Å². The number of aromatic nitrogens is 4. The lowest BCUT2D eigenvalue weighted by Crippen LogP contribution is -2.51. The van der Waals surface area contributed by atoms with Gasteiger partial charge in [-0.2, -0.15) is 0 Å². The van der Waals surface area contributed by atoms with E-state index in [1.807, 2.05) is 101 Å². The van der Waals surface area contributed by atoms with Gasteiger partial charge in [-0.15, -0.1) is 5.10 Å². The molecule has 1 spiro atoms. The van der Waals surface area contributed by atoms with Gasteiger partial charge in [-0.1, -0.05) is 85.0 Å². The quantitative estimate of drug-likeness (QED) is 0.124. The van der Waals surface area contributed by atoms with E-state index >= 15 is 4.79 Å². The third-order valence-electron chi connectivity index (χ3n) is 12.7. The lowest BCUT2D eigenvalue weighted by Gasteiger charge is -2.37. The minimum Gasteiger partial charge on any atom is -0.497 e. The minimum atomic E-state index is -2.42. The number of fused-ring (bicyclic) bond motifs is 2. The Morgan fingerprint density at radius 1 is 0.867 bits per heavy atom. The molecule has 12 nitrogen and oxygen atoms in total. The highest BCUT2D eigenvalue weighted by molar-refractivity contribution is 6.91. The van der Waals surface area contributed by atoms with Crippen LogP contribution >= 0.6 is 0 Å². The van der Waals surface area contributed by atoms with Crippen LogP contribution in [0.2, 0.25) is 18.6 Å². The first-order chi connectivity index (χ1) is 29.0. The van der Waals surface area contributed by atoms with Gasteiger partial charge in [-0.3, -0.25) is 18.8 Å². The molecule has 2 aliphatic heterocycles. The Bertz CT molecular complexity index is 2520. The van der Waals surface area contributed by atoms with Gasteiger partial charge in [0.05, 0.1) is 66.0 Å². The molecule has 60 heavy (non-hydrogen) atoms. The number of amides is 1. The van der Waals surface area contributed by atoms with E-state index < -0.39 is 13.7 Å². The van der Waals surface area contributed by atoms with E-state index in [0.29, 0.717) is 36.6 Å². The molecule has 1 amide bonds. The Kier molecular flexibility index (Phi) is 11.2. The standard InChI is InChI=1S/C47H51N5O7Si/c1-31-44(60(5,6)37-21-18-35(56-2)19-22-37)42(24-26-50-29-40(48-49-50)38(30-53)33-11-8-7-9-12-33)59-47(31)39-27-36(57-3)20-23-41(39)52(46(47)55)28-32-14-16-34(17-15-32)51-25-10-13-43(58-4)45(51)54/h7-23,25,27,29,31,38,42,44,53H,24,26,28,30H2,1-6H3/t31-,38?,42+,44-,47+/m0/s1. The van der Waals surface area contributed by atoms with Gasteiger partial charge in [0.1, 0.15) is 11.5 Å². The first-order valence-electron chi connectivity index (χ1n) is 20.3. The van der Waals surface area contributed by atoms with Crippen LogP contribution in [0.1, 0.15) is 41.6 Å². The molecule has 310 valence electrons. The number of carbonyl (C=O) groups is 1. The summed E-state index contributed by atoms with van der Waals surface area (Å²) in [5.74, 6) is 1.05. The highest BCUT2D eigenvalue weighted by Crippen LogP contribution is 2.60. The van der Waals surface area contributed by atoms with Crippen LogP contribution in [0.25, 0.3) is 5.69 Å². The zero-order chi connectivity index (χ0) is 42.2. The minimum absolute atomic E-state index is 0.00630. The molecule has 5 atom stereocenters. The third-order valence-corrected chi connectivity index (χ3v) is 17.0. The van der Waals surface area contributed by atoms with Crippen LogP contribution in [0.3, 0.4) is 0 Å². The number of nitrogens with zero attached hydrogens (tertiary/aromatic N) is 5. The molecule has 13 heteroatoms. The van der Waals surface area contributed by atoms with Gasteiger partial charge in [-0.05, 0) is 77.7 Å². The maximum Gasteiger partial charge on any atom is 0.297 e. The number of hydrogen-bond acceptors (Lipinski definition) is 9. The summed E-state index contributed by atoms with van der Waals surface area (Å²) in [5.41, 5.74) is 3.28. The second-order valence-corrected chi connectivity index (χ2v) is 20.9. The second-order valence-electron chi connectivity index (χ2n) is 16.2. The topological polar surface area (TPSA) is 130 Å². The molecule has 2 aliphatic rings. The van der Waals surface area contributed by atoms with Gasteiger partial charge in [0.2, 0.25) is 0 Å². The van der Waals surface area contributed by atoms with Crippen LogP contribution in [-0.4, -0.2) is 72.7 Å². The molecule has 0 radical (unpaired) electrons. The Morgan fingerprint density at radius 2 is 1.58 bits per heavy atom. The normalized spacial score (nSPS) is 20.4. The zero-order valence-corrected chi connectivity index (χ0v) is 35.8. The Labute approximate surface area is 350 Å². The molecule has 2 aromatic heterocycles. The fourth-order valence-corrected chi connectivity index (χ4v) is 13.6. The van der Waals surface area contributed by atoms with Crippen molar-refractivity contribution in [2.24, 2.45) is 5.92 Å². The monoisotopic (exact) mass is 825 g/mol. The van der Waals surface area contributed by atoms with Gasteiger partial charge < -0.3 is 29.0 Å². The lowest BCUT2D eigenvalue weighted by molar-refractivity contribution is -0.146. The smallest absolute Gasteiger partial charge is 0.297 e. The van der Waals surface area contributed by atoms with Crippen LogP contribution in [0.15, 0.2) is 126 Å². The largest absolute Gasteiger partial charge is 0.497 e. The molecular formula is C47H51N5O7Si. The predicted octanol–water partition coefficient (Wildman–Crippen LogP) is 6.43. The molecule has 4 aromatic carbocycles. The Morgan fingerprint density at radius 3 is 2.27 bits per heavy atom. The SMILES string of the molecule is COc1ccc([Si](C)(C)[C@@H]2[C@@H](CCn3cc(C(CO)c4ccccc4)nn3)O[C@]3(C(=O)N(Cc4ccc(-n5cccc(OC)c5=O)cc4)c4ccc(OC)cc43)[C@H]2C)cc1. The van der Waals surface area contributed by atoms with Gasteiger partial charge >= 0.3 is 0 Å². The number of rotatable bonds is 14. The zero-order valence-electron chi connectivity index (χ0n) is 34.8. The number of aliphatic hydroxyl groups excluding tert-OH is 1. The number of aryl methyl sites for hydroxylation is 1. The fourth-order valence-electron chi connectivity index (χ4n) is 9.52. The number of benzene rings is 4. The Balaban J connectivity index is 1.14. The van der Waals surface area contributed by atoms with E-state index in [0.717, 1.165) is 28.1 Å². The molecule has 1 N–H and O–H groups in total. The summed E-state index contributed by atoms with van der Waals surface area (Å²) in [5, 5.41) is 20.6. The van der Waals surface area contributed by atoms with Crippen molar-refractivity contribution >= 4 is 24.9 Å². The van der Waals surface area contributed by atoms with Crippen molar-refractivity contribution in [3.8, 4) is 22.9 Å². The van der Waals surface area contributed by atoms with Crippen molar-refractivity contribution in [1.82, 2.24) is 19.6 Å². The van der Waals surface area contributed by atoms with Crippen LogP contribution in [0.5, 0.6) is 17.2 Å². The maximum absolute atomic E-state index is 15.4. The molecule has 1 unspecified atom stereocenters. The number of pyridine rings is 1. The lowest BCUT2D eigenvalue weighted by atomic mass is 9.82. The summed E-state index contributed by atoms with van der Waals surface area (Å²) >= 11 is 0. The van der Waals surface area contributed by atoms with Gasteiger partial charge in [-0.25, -0.2) is 0 Å². The third kappa shape index (κ3) is 7.09. The molecular weight excluding hydrogens is 775 g/mol. The first kappa shape index (κ1) is 40.7. The number of carbonyl (C=O) groups excluding carboxylic acids is 1. The molecule has 4 heterocycles. The molecule has 0 aliphatic carbocycles. The summed E-state index contributed by atoms with van der Waals surface area (Å²) in [6.45, 7) is 7.61. The van der Waals surface area contributed by atoms with Crippen molar-refractivity contribution in [2.75, 3.05) is 32.8 Å². The van der Waals surface area contributed by atoms with Crippen molar-refractivity contribution < 1.29 is 28.8 Å². The Hall–Kier alpha value is -6.02. The van der Waals surface area contributed by atoms with E-state index in [-0.39, 0.29) is 47.3 Å². The molecule has 0 bridgehead atoms. The van der Waals surface area contributed by atoms with Crippen molar-refractivity contribution in [2.45, 2.75) is 62.7 Å². The van der Waals surface area contributed by atoms with Crippen molar-refractivity contribution in [3.05, 3.63) is 154 Å². The van der Waals surface area contributed by atoms with E-state index in [2.05, 4.69) is 42.5 Å². The van der Waals surface area contributed by atoms with Crippen LogP contribution in [0, 0.1) is 5.92 Å². The summed E-state index contributed by atoms with van der Waals surface area (Å²) in [7, 11) is 2.36. The van der Waals surface area contributed by atoms with Crippen LogP contribution in [0.4, 0.5) is 5.69 Å². The van der Waals surface area contributed by atoms with E-state index in [1.165, 1.54) is 16.9 Å². The summed E-state index contributed by atoms with van der Waals surface area (Å²) in [6.07, 6.45) is 3.88. The van der Waals surface area contributed by atoms with Gasteiger partial charge in [0.15, 0.2) is 11.4 Å². The summed E-state index contributed by atoms with van der Waals surface area (Å²) < 4.78 is 27.3. The number of hydrogen-bond donors (Lipinski definition) is 1. The van der Waals surface area contributed by atoms with Gasteiger partial charge in [0.25, 0.3) is 11.5 Å². The summed E-state index contributed by atoms with van der Waals surface area (Å²) in [6, 6.07) is 35.0. The molecule has 6 aromatic rings. The maximum atomic E-state index is 15.4. The number of anilines is 1. The number of ether oxygens (including phenoxy) is 4. The van der Waals surface area contributed by atoms with Crippen molar-refractivity contribution in [3.63, 3.8) is 0 Å². The number of aliphatic hydroxyl groups is 1. The highest BCUT2D eigenvalue weighted by atomic mass is 28.3. The number of methoxy groups -OCH3 is 3. The molecule has 0 saturated carbocycles. The average Bonchev–Trinajstić information content (AvgIpc) is 3.93. The second kappa shape index (κ2) is 16.6. The average molecular weight is 826 g/mol. The molecule has 1 saturated heterocycles. The van der Waals surface area contributed by atoms with Crippen LogP contribution in [-0.2, 0) is 28.2 Å². The summed E-state index contributed by atoms with van der Waals surface area (Å²) in [4.78, 5) is 30.2. The fraction of sp³-hybridized carbons (Fsp3) is 0.319. The van der Waals surface area contributed by atoms with E-state index in [9.17, 15) is 9.90 Å².